The third-order valence-electron chi connectivity index (χ3n) is 3.48. The van der Waals surface area contributed by atoms with Gasteiger partial charge in [0.1, 0.15) is 9.88 Å². The van der Waals surface area contributed by atoms with E-state index in [-0.39, 0.29) is 5.91 Å². The van der Waals surface area contributed by atoms with Crippen LogP contribution in [0.2, 0.25) is 0 Å². The smallest absolute Gasteiger partial charge is 0.263 e. The van der Waals surface area contributed by atoms with Crippen LogP contribution in [-0.2, 0) is 0 Å². The predicted octanol–water partition coefficient (Wildman–Crippen LogP) is 2.65. The number of rotatable bonds is 3. The summed E-state index contributed by atoms with van der Waals surface area (Å²) in [5.41, 5.74) is 7.09. The highest BCUT2D eigenvalue weighted by atomic mass is 32.2. The van der Waals surface area contributed by atoms with E-state index < -0.39 is 0 Å². The van der Waals surface area contributed by atoms with Crippen molar-refractivity contribution >= 4 is 39.7 Å². The molecule has 1 aliphatic rings. The minimum absolute atomic E-state index is 0.0949. The molecule has 0 bridgehead atoms. The van der Waals surface area contributed by atoms with E-state index in [1.165, 1.54) is 17.8 Å². The summed E-state index contributed by atoms with van der Waals surface area (Å²) in [4.78, 5) is 15.9. The summed E-state index contributed by atoms with van der Waals surface area (Å²) in [5, 5.41) is 3.80. The molecule has 4 nitrogen and oxygen atoms in total. The summed E-state index contributed by atoms with van der Waals surface area (Å²) < 4.78 is 0. The van der Waals surface area contributed by atoms with Gasteiger partial charge in [-0.15, -0.1) is 23.1 Å². The van der Waals surface area contributed by atoms with Crippen LogP contribution in [0.3, 0.4) is 0 Å². The second kappa shape index (κ2) is 5.25. The monoisotopic (exact) mass is 299 g/mol. The Morgan fingerprint density at radius 1 is 1.53 bits per heavy atom. The van der Waals surface area contributed by atoms with Crippen molar-refractivity contribution in [3.8, 4) is 0 Å². The SMILES string of the molecule is CNC(=O)c1sc(N2CCC(C)(C)C2)c(SC)c1N. The Kier molecular flexibility index (Phi) is 4.01. The number of amides is 1. The highest BCUT2D eigenvalue weighted by Gasteiger charge is 2.33. The zero-order valence-corrected chi connectivity index (χ0v) is 13.5. The number of thiophene rings is 1. The van der Waals surface area contributed by atoms with Crippen molar-refractivity contribution in [3.05, 3.63) is 4.88 Å². The van der Waals surface area contributed by atoms with Crippen LogP contribution in [0, 0.1) is 5.41 Å². The van der Waals surface area contributed by atoms with Gasteiger partial charge in [0, 0.05) is 20.1 Å². The first-order valence-corrected chi connectivity index (χ1v) is 8.37. The van der Waals surface area contributed by atoms with E-state index in [1.807, 2.05) is 6.26 Å². The maximum absolute atomic E-state index is 11.8. The summed E-state index contributed by atoms with van der Waals surface area (Å²) in [6, 6.07) is 0. The van der Waals surface area contributed by atoms with Crippen molar-refractivity contribution in [1.82, 2.24) is 5.32 Å². The van der Waals surface area contributed by atoms with E-state index in [4.69, 9.17) is 5.73 Å². The van der Waals surface area contributed by atoms with E-state index >= 15 is 0 Å². The summed E-state index contributed by atoms with van der Waals surface area (Å²) in [6.45, 7) is 6.62. The molecule has 1 fully saturated rings. The second-order valence-corrected chi connectivity index (χ2v) is 7.41. The first kappa shape index (κ1) is 14.5. The molecule has 0 atom stereocenters. The maximum atomic E-state index is 11.8. The Bertz CT molecular complexity index is 496. The fourth-order valence-electron chi connectivity index (χ4n) is 2.39. The largest absolute Gasteiger partial charge is 0.396 e. The summed E-state index contributed by atoms with van der Waals surface area (Å²) >= 11 is 3.13. The number of nitrogen functional groups attached to an aromatic ring is 1. The molecule has 0 unspecified atom stereocenters. The zero-order valence-electron chi connectivity index (χ0n) is 11.9. The fourth-order valence-corrected chi connectivity index (χ4v) is 4.54. The number of thioether (sulfide) groups is 1. The first-order chi connectivity index (χ1) is 8.89. The lowest BCUT2D eigenvalue weighted by atomic mass is 9.93. The summed E-state index contributed by atoms with van der Waals surface area (Å²) in [6.07, 6.45) is 3.19. The summed E-state index contributed by atoms with van der Waals surface area (Å²) in [7, 11) is 1.64. The molecule has 2 rings (SSSR count). The van der Waals surface area contributed by atoms with Crippen LogP contribution in [0.15, 0.2) is 4.90 Å². The van der Waals surface area contributed by atoms with Gasteiger partial charge in [0.05, 0.1) is 10.6 Å². The molecular weight excluding hydrogens is 278 g/mol. The number of nitrogens with two attached hydrogens (primary N) is 1. The van der Waals surface area contributed by atoms with Crippen LogP contribution in [0.1, 0.15) is 29.9 Å². The standard InChI is InChI=1S/C13H21N3OS2/c1-13(2)5-6-16(7-13)12-10(18-4)8(14)9(19-12)11(17)15-3/h5-7,14H2,1-4H3,(H,15,17). The van der Waals surface area contributed by atoms with Crippen LogP contribution in [-0.4, -0.2) is 32.3 Å². The van der Waals surface area contributed by atoms with Crippen molar-refractivity contribution in [2.45, 2.75) is 25.2 Å². The average molecular weight is 299 g/mol. The van der Waals surface area contributed by atoms with Gasteiger partial charge in [-0.25, -0.2) is 0 Å². The highest BCUT2D eigenvalue weighted by Crippen LogP contribution is 2.46. The molecule has 1 saturated heterocycles. The first-order valence-electron chi connectivity index (χ1n) is 6.33. The molecule has 1 aromatic rings. The molecular formula is C13H21N3OS2. The quantitative estimate of drug-likeness (QED) is 0.843. The van der Waals surface area contributed by atoms with Gasteiger partial charge in [-0.2, -0.15) is 0 Å². The van der Waals surface area contributed by atoms with Gasteiger partial charge in [0.15, 0.2) is 0 Å². The average Bonchev–Trinajstić information content (AvgIpc) is 2.88. The molecule has 0 saturated carbocycles. The van der Waals surface area contributed by atoms with E-state index in [0.717, 1.165) is 23.0 Å². The highest BCUT2D eigenvalue weighted by molar-refractivity contribution is 7.99. The van der Waals surface area contributed by atoms with Crippen LogP contribution in [0.5, 0.6) is 0 Å². The Morgan fingerprint density at radius 3 is 2.68 bits per heavy atom. The van der Waals surface area contributed by atoms with E-state index in [2.05, 4.69) is 24.1 Å². The molecule has 0 spiro atoms. The number of carbonyl (C=O) groups is 1. The second-order valence-electron chi connectivity index (χ2n) is 5.60. The lowest BCUT2D eigenvalue weighted by Gasteiger charge is -2.21. The van der Waals surface area contributed by atoms with E-state index in [1.54, 1.807) is 18.8 Å². The third kappa shape index (κ3) is 2.69. The topological polar surface area (TPSA) is 58.4 Å². The van der Waals surface area contributed by atoms with Gasteiger partial charge in [-0.05, 0) is 18.1 Å². The van der Waals surface area contributed by atoms with Gasteiger partial charge in [0.25, 0.3) is 5.91 Å². The normalized spacial score (nSPS) is 17.8. The minimum Gasteiger partial charge on any atom is -0.396 e. The van der Waals surface area contributed by atoms with Crippen LogP contribution in [0.4, 0.5) is 10.7 Å². The van der Waals surface area contributed by atoms with E-state index in [9.17, 15) is 4.79 Å². The third-order valence-corrected chi connectivity index (χ3v) is 5.70. The van der Waals surface area contributed by atoms with Crippen molar-refractivity contribution in [2.24, 2.45) is 5.41 Å². The Balaban J connectivity index is 2.38. The van der Waals surface area contributed by atoms with Gasteiger partial charge in [-0.3, -0.25) is 4.79 Å². The Labute approximate surface area is 122 Å². The number of anilines is 2. The zero-order chi connectivity index (χ0) is 14.2. The summed E-state index contributed by atoms with van der Waals surface area (Å²) in [5.74, 6) is -0.0949. The van der Waals surface area contributed by atoms with E-state index in [0.29, 0.717) is 16.0 Å². The lowest BCUT2D eigenvalue weighted by molar-refractivity contribution is 0.0968. The Morgan fingerprint density at radius 2 is 2.21 bits per heavy atom. The molecule has 0 aliphatic carbocycles. The number of nitrogens with zero attached hydrogens (tertiary/aromatic N) is 1. The fraction of sp³-hybridized carbons (Fsp3) is 0.615. The Hall–Kier alpha value is -0.880. The molecule has 0 aromatic carbocycles. The molecule has 2 heterocycles. The molecule has 1 aromatic heterocycles. The van der Waals surface area contributed by atoms with Crippen LogP contribution < -0.4 is 16.0 Å². The van der Waals surface area contributed by atoms with Gasteiger partial charge < -0.3 is 16.0 Å². The molecule has 106 valence electrons. The molecule has 6 heteroatoms. The van der Waals surface area contributed by atoms with Crippen molar-refractivity contribution in [3.63, 3.8) is 0 Å². The number of hydrogen-bond acceptors (Lipinski definition) is 5. The molecule has 19 heavy (non-hydrogen) atoms. The molecule has 1 aliphatic heterocycles. The van der Waals surface area contributed by atoms with Crippen molar-refractivity contribution < 1.29 is 4.79 Å². The number of hydrogen-bond donors (Lipinski definition) is 2. The van der Waals surface area contributed by atoms with Gasteiger partial charge in [-0.1, -0.05) is 13.8 Å². The van der Waals surface area contributed by atoms with Gasteiger partial charge in [0.2, 0.25) is 0 Å². The molecule has 3 N–H and O–H groups in total. The number of nitrogens with one attached hydrogen (secondary N) is 1. The maximum Gasteiger partial charge on any atom is 0.263 e. The number of carbonyl (C=O) groups excluding carboxylic acids is 1. The molecule has 0 radical (unpaired) electrons. The molecule has 1 amide bonds. The van der Waals surface area contributed by atoms with Gasteiger partial charge >= 0.3 is 0 Å². The van der Waals surface area contributed by atoms with Crippen molar-refractivity contribution in [1.29, 1.82) is 0 Å². The predicted molar refractivity (Wildman–Crippen MR) is 84.5 cm³/mol. The van der Waals surface area contributed by atoms with Crippen molar-refractivity contribution in [2.75, 3.05) is 37.0 Å². The lowest BCUT2D eigenvalue weighted by Crippen LogP contribution is -2.22. The minimum atomic E-state index is -0.0949. The van der Waals surface area contributed by atoms with Crippen LogP contribution >= 0.6 is 23.1 Å². The van der Waals surface area contributed by atoms with Crippen LogP contribution in [0.25, 0.3) is 0 Å².